The first-order chi connectivity index (χ1) is 8.24. The zero-order chi connectivity index (χ0) is 14.7. The lowest BCUT2D eigenvalue weighted by Crippen LogP contribution is -2.25. The van der Waals surface area contributed by atoms with E-state index in [-0.39, 0.29) is 13.0 Å². The van der Waals surface area contributed by atoms with Crippen molar-refractivity contribution < 1.29 is 37.2 Å². The lowest BCUT2D eigenvalue weighted by Gasteiger charge is -2.13. The molecule has 0 atom stereocenters. The molecule has 0 aromatic rings. The summed E-state index contributed by atoms with van der Waals surface area (Å²) in [7, 11) is 1.50. The number of methoxy groups -OCH3 is 1. The Morgan fingerprint density at radius 1 is 0.944 bits per heavy atom. The van der Waals surface area contributed by atoms with Gasteiger partial charge in [-0.05, 0) is 0 Å². The van der Waals surface area contributed by atoms with Crippen LogP contribution in [0.5, 0.6) is 0 Å². The van der Waals surface area contributed by atoms with Crippen molar-refractivity contribution in [2.75, 3.05) is 40.1 Å². The van der Waals surface area contributed by atoms with Crippen LogP contribution in [-0.4, -0.2) is 62.2 Å². The molecule has 0 heterocycles. The highest BCUT2D eigenvalue weighted by Gasteiger charge is 2.26. The molecular weight excluding hydrogens is 260 g/mol. The van der Waals surface area contributed by atoms with E-state index >= 15 is 0 Å². The smallest absolute Gasteiger partial charge is 0.293 e. The standard InChI is InChI=1S/C7H14F2O2.C3H6F2O2/c1-3-7(8,9)6-11-5-4-10-2;4-3(5,1-6)2-7/h3-6H2,1-2H3;6-7H,1-2H2. The minimum absolute atomic E-state index is 0.181. The molecule has 0 aliphatic rings. The summed E-state index contributed by atoms with van der Waals surface area (Å²) in [5.41, 5.74) is 0. The largest absolute Gasteiger partial charge is 0.390 e. The Balaban J connectivity index is 0. The Kier molecular flexibility index (Phi) is 11.6. The second kappa shape index (κ2) is 10.5. The van der Waals surface area contributed by atoms with Crippen LogP contribution in [0.4, 0.5) is 17.6 Å². The second-order valence-electron chi connectivity index (χ2n) is 3.43. The van der Waals surface area contributed by atoms with Gasteiger partial charge in [0, 0.05) is 13.5 Å². The molecule has 0 rings (SSSR count). The summed E-state index contributed by atoms with van der Waals surface area (Å²) in [6.45, 7) is -1.06. The Hall–Kier alpha value is -0.440. The van der Waals surface area contributed by atoms with Crippen molar-refractivity contribution in [3.63, 3.8) is 0 Å². The number of rotatable bonds is 8. The summed E-state index contributed by atoms with van der Waals surface area (Å²) in [5.74, 6) is -5.99. The number of hydrogen-bond donors (Lipinski definition) is 2. The number of aliphatic hydroxyl groups is 2. The molecule has 0 spiro atoms. The fraction of sp³-hybridized carbons (Fsp3) is 1.00. The predicted molar refractivity (Wildman–Crippen MR) is 57.1 cm³/mol. The molecule has 0 amide bonds. The van der Waals surface area contributed by atoms with Crippen molar-refractivity contribution in [3.8, 4) is 0 Å². The van der Waals surface area contributed by atoms with Crippen molar-refractivity contribution in [1.82, 2.24) is 0 Å². The van der Waals surface area contributed by atoms with Crippen LogP contribution in [0, 0.1) is 0 Å². The van der Waals surface area contributed by atoms with Gasteiger partial charge in [0.2, 0.25) is 0 Å². The van der Waals surface area contributed by atoms with E-state index < -0.39 is 31.7 Å². The van der Waals surface area contributed by atoms with Crippen LogP contribution in [0.25, 0.3) is 0 Å². The van der Waals surface area contributed by atoms with Crippen LogP contribution in [-0.2, 0) is 9.47 Å². The molecule has 0 aromatic heterocycles. The second-order valence-corrected chi connectivity index (χ2v) is 3.43. The summed E-state index contributed by atoms with van der Waals surface area (Å²) in [6.07, 6.45) is -0.181. The van der Waals surface area contributed by atoms with Crippen LogP contribution in [0.2, 0.25) is 0 Å². The van der Waals surface area contributed by atoms with E-state index in [9.17, 15) is 17.6 Å². The number of ether oxygens (including phenoxy) is 2. The summed E-state index contributed by atoms with van der Waals surface area (Å²) in [5, 5.41) is 15.4. The molecule has 0 aromatic carbocycles. The Morgan fingerprint density at radius 2 is 1.44 bits per heavy atom. The molecular formula is C10H20F4O4. The summed E-state index contributed by atoms with van der Waals surface area (Å²) in [4.78, 5) is 0. The van der Waals surface area contributed by atoms with Gasteiger partial charge in [0.25, 0.3) is 11.8 Å². The van der Waals surface area contributed by atoms with E-state index in [1.807, 2.05) is 0 Å². The van der Waals surface area contributed by atoms with E-state index in [0.29, 0.717) is 6.61 Å². The third-order valence-corrected chi connectivity index (χ3v) is 1.72. The fourth-order valence-corrected chi connectivity index (χ4v) is 0.516. The maximum absolute atomic E-state index is 12.4. The molecule has 0 bridgehead atoms. The van der Waals surface area contributed by atoms with Gasteiger partial charge in [0.05, 0.1) is 13.2 Å². The molecule has 112 valence electrons. The van der Waals surface area contributed by atoms with Crippen LogP contribution in [0.15, 0.2) is 0 Å². The highest BCUT2D eigenvalue weighted by Crippen LogP contribution is 2.17. The number of alkyl halides is 4. The van der Waals surface area contributed by atoms with Gasteiger partial charge in [0.15, 0.2) is 0 Å². The molecule has 0 aliphatic heterocycles. The molecule has 4 nitrogen and oxygen atoms in total. The lowest BCUT2D eigenvalue weighted by molar-refractivity contribution is -0.0871. The number of halogens is 4. The average Bonchev–Trinajstić information content (AvgIpc) is 2.35. The van der Waals surface area contributed by atoms with Crippen LogP contribution >= 0.6 is 0 Å². The van der Waals surface area contributed by atoms with Gasteiger partial charge in [-0.1, -0.05) is 6.92 Å². The minimum atomic E-state index is -3.31. The normalized spacial score (nSPS) is 12.0. The van der Waals surface area contributed by atoms with Gasteiger partial charge in [-0.15, -0.1) is 0 Å². The molecule has 18 heavy (non-hydrogen) atoms. The molecule has 8 heteroatoms. The fourth-order valence-electron chi connectivity index (χ4n) is 0.516. The van der Waals surface area contributed by atoms with Crippen molar-refractivity contribution in [2.45, 2.75) is 25.2 Å². The third kappa shape index (κ3) is 13.6. The van der Waals surface area contributed by atoms with Crippen molar-refractivity contribution in [3.05, 3.63) is 0 Å². The zero-order valence-electron chi connectivity index (χ0n) is 10.5. The third-order valence-electron chi connectivity index (χ3n) is 1.72. The average molecular weight is 280 g/mol. The van der Waals surface area contributed by atoms with E-state index in [1.54, 1.807) is 0 Å². The first-order valence-corrected chi connectivity index (χ1v) is 5.28. The minimum Gasteiger partial charge on any atom is -0.390 e. The maximum atomic E-state index is 12.4. The van der Waals surface area contributed by atoms with Gasteiger partial charge >= 0.3 is 0 Å². The molecule has 2 N–H and O–H groups in total. The lowest BCUT2D eigenvalue weighted by atomic mass is 10.3. The molecule has 0 fully saturated rings. The van der Waals surface area contributed by atoms with Crippen LogP contribution < -0.4 is 0 Å². The molecule has 0 saturated carbocycles. The quantitative estimate of drug-likeness (QED) is 0.520. The van der Waals surface area contributed by atoms with E-state index in [2.05, 4.69) is 9.47 Å². The predicted octanol–water partition coefficient (Wildman–Crippen LogP) is 1.30. The van der Waals surface area contributed by atoms with Gasteiger partial charge in [-0.2, -0.15) is 0 Å². The van der Waals surface area contributed by atoms with Crippen molar-refractivity contribution in [1.29, 1.82) is 0 Å². The van der Waals surface area contributed by atoms with Crippen LogP contribution in [0.1, 0.15) is 13.3 Å². The number of aliphatic hydroxyl groups excluding tert-OH is 2. The summed E-state index contributed by atoms with van der Waals surface area (Å²) >= 11 is 0. The Labute approximate surface area is 104 Å². The van der Waals surface area contributed by atoms with Gasteiger partial charge in [-0.3, -0.25) is 0 Å². The van der Waals surface area contributed by atoms with Crippen LogP contribution in [0.3, 0.4) is 0 Å². The zero-order valence-corrected chi connectivity index (χ0v) is 10.5. The van der Waals surface area contributed by atoms with Crippen molar-refractivity contribution in [2.24, 2.45) is 0 Å². The van der Waals surface area contributed by atoms with Crippen molar-refractivity contribution >= 4 is 0 Å². The summed E-state index contributed by atoms with van der Waals surface area (Å²) in [6, 6.07) is 0. The Bertz CT molecular complexity index is 185. The first kappa shape index (κ1) is 19.9. The maximum Gasteiger partial charge on any atom is 0.293 e. The number of hydrogen-bond acceptors (Lipinski definition) is 4. The monoisotopic (exact) mass is 280 g/mol. The first-order valence-electron chi connectivity index (χ1n) is 5.28. The highest BCUT2D eigenvalue weighted by molar-refractivity contribution is 4.61. The van der Waals surface area contributed by atoms with E-state index in [0.717, 1.165) is 0 Å². The molecule has 0 radical (unpaired) electrons. The summed E-state index contributed by atoms with van der Waals surface area (Å²) < 4.78 is 56.9. The van der Waals surface area contributed by atoms with Gasteiger partial charge in [-0.25, -0.2) is 17.6 Å². The Morgan fingerprint density at radius 3 is 1.72 bits per heavy atom. The molecule has 0 unspecified atom stereocenters. The SMILES string of the molecule is CCC(F)(F)COCCOC.OCC(F)(F)CO. The van der Waals surface area contributed by atoms with E-state index in [1.165, 1.54) is 14.0 Å². The topological polar surface area (TPSA) is 58.9 Å². The highest BCUT2D eigenvalue weighted by atomic mass is 19.3. The van der Waals surface area contributed by atoms with Gasteiger partial charge in [0.1, 0.15) is 19.8 Å². The van der Waals surface area contributed by atoms with E-state index in [4.69, 9.17) is 10.2 Å². The molecule has 0 saturated heterocycles. The molecule has 0 aliphatic carbocycles. The van der Waals surface area contributed by atoms with Gasteiger partial charge < -0.3 is 19.7 Å².